The molecule has 0 aromatic carbocycles. The molecule has 3 N–H and O–H groups in total. The van der Waals surface area contributed by atoms with Crippen LogP contribution in [0.2, 0.25) is 0 Å². The zero-order valence-corrected chi connectivity index (χ0v) is 6.17. The van der Waals surface area contributed by atoms with Crippen LogP contribution in [-0.2, 0) is 6.42 Å². The minimum absolute atomic E-state index is 0.948. The lowest BCUT2D eigenvalue weighted by molar-refractivity contribution is 0.832. The van der Waals surface area contributed by atoms with Crippen LogP contribution in [0.25, 0.3) is 0 Å². The van der Waals surface area contributed by atoms with E-state index in [-0.39, 0.29) is 0 Å². The van der Waals surface area contributed by atoms with Gasteiger partial charge >= 0.3 is 0 Å². The second kappa shape index (κ2) is 2.38. The van der Waals surface area contributed by atoms with Gasteiger partial charge in [0, 0.05) is 0 Å². The smallest absolute Gasteiger partial charge is 0.0853 e. The van der Waals surface area contributed by atoms with E-state index in [1.54, 1.807) is 0 Å². The first kappa shape index (κ1) is 6.39. The van der Waals surface area contributed by atoms with Gasteiger partial charge in [0.05, 0.1) is 17.6 Å². The molecule has 1 aromatic rings. The molecule has 0 bridgehead atoms. The Labute approximate surface area is 64.5 Å². The molecule has 0 unspecified atom stereocenters. The number of aryl methyl sites for hydroxylation is 1. The number of aromatic nitrogens is 2. The Balaban J connectivity index is 2.48. The van der Waals surface area contributed by atoms with Gasteiger partial charge in [0.2, 0.25) is 0 Å². The minimum Gasteiger partial charge on any atom is -0.323 e. The number of nitrogens with one attached hydrogen (secondary N) is 1. The van der Waals surface area contributed by atoms with Gasteiger partial charge in [-0.05, 0) is 24.8 Å². The van der Waals surface area contributed by atoms with Crippen molar-refractivity contribution in [1.29, 1.82) is 0 Å². The average molecular weight is 150 g/mol. The highest BCUT2D eigenvalue weighted by atomic mass is 15.2. The molecule has 0 saturated heterocycles. The number of fused-ring (bicyclic) bond motifs is 1. The van der Waals surface area contributed by atoms with Crippen LogP contribution in [0, 0.1) is 0 Å². The van der Waals surface area contributed by atoms with Crippen molar-refractivity contribution < 1.29 is 0 Å². The summed E-state index contributed by atoms with van der Waals surface area (Å²) < 4.78 is 0. The van der Waals surface area contributed by atoms with E-state index < -0.39 is 0 Å². The SMILES string of the molecule is N/N=C1/CCCc2cn[nH]c21. The zero-order chi connectivity index (χ0) is 7.68. The molecule has 58 valence electrons. The molecule has 1 heterocycles. The van der Waals surface area contributed by atoms with Crippen LogP contribution in [-0.4, -0.2) is 15.9 Å². The number of hydrogen-bond donors (Lipinski definition) is 2. The number of nitrogens with zero attached hydrogens (tertiary/aromatic N) is 2. The van der Waals surface area contributed by atoms with Gasteiger partial charge in [-0.15, -0.1) is 0 Å². The van der Waals surface area contributed by atoms with Gasteiger partial charge in [-0.25, -0.2) is 0 Å². The molecule has 0 amide bonds. The first-order chi connectivity index (χ1) is 5.42. The zero-order valence-electron chi connectivity index (χ0n) is 6.17. The van der Waals surface area contributed by atoms with Crippen LogP contribution in [0.1, 0.15) is 24.1 Å². The maximum absolute atomic E-state index is 5.22. The van der Waals surface area contributed by atoms with Crippen molar-refractivity contribution in [2.75, 3.05) is 0 Å². The molecule has 1 aliphatic rings. The fraction of sp³-hybridized carbons (Fsp3) is 0.429. The van der Waals surface area contributed by atoms with Crippen LogP contribution in [0.5, 0.6) is 0 Å². The van der Waals surface area contributed by atoms with E-state index in [1.807, 2.05) is 6.20 Å². The molecule has 0 radical (unpaired) electrons. The molecule has 4 nitrogen and oxygen atoms in total. The fourth-order valence-corrected chi connectivity index (χ4v) is 1.45. The molecule has 0 aliphatic heterocycles. The van der Waals surface area contributed by atoms with E-state index in [9.17, 15) is 0 Å². The van der Waals surface area contributed by atoms with Crippen molar-refractivity contribution in [2.45, 2.75) is 19.3 Å². The van der Waals surface area contributed by atoms with E-state index in [2.05, 4.69) is 15.3 Å². The summed E-state index contributed by atoms with van der Waals surface area (Å²) in [6.07, 6.45) is 5.03. The standard InChI is InChI=1S/C7H10N4/c8-10-6-3-1-2-5-4-9-11-7(5)6/h4H,1-3,8H2,(H,9,11)/b10-6-. The third kappa shape index (κ3) is 0.906. The highest BCUT2D eigenvalue weighted by Crippen LogP contribution is 2.18. The number of aromatic amines is 1. The van der Waals surface area contributed by atoms with Crippen molar-refractivity contribution in [1.82, 2.24) is 10.2 Å². The molecule has 0 spiro atoms. The number of rotatable bonds is 0. The third-order valence-corrected chi connectivity index (χ3v) is 2.02. The van der Waals surface area contributed by atoms with Crippen LogP contribution < -0.4 is 5.84 Å². The summed E-state index contributed by atoms with van der Waals surface area (Å²) in [7, 11) is 0. The Bertz CT molecular complexity index is 286. The maximum Gasteiger partial charge on any atom is 0.0853 e. The molecule has 0 fully saturated rings. The summed E-state index contributed by atoms with van der Waals surface area (Å²) >= 11 is 0. The van der Waals surface area contributed by atoms with Crippen LogP contribution >= 0.6 is 0 Å². The second-order valence-electron chi connectivity index (χ2n) is 2.70. The van der Waals surface area contributed by atoms with Gasteiger partial charge in [0.1, 0.15) is 0 Å². The molecular weight excluding hydrogens is 140 g/mol. The summed E-state index contributed by atoms with van der Waals surface area (Å²) in [5.41, 5.74) is 3.21. The average Bonchev–Trinajstić information content (AvgIpc) is 2.50. The fourth-order valence-electron chi connectivity index (χ4n) is 1.45. The van der Waals surface area contributed by atoms with Crippen LogP contribution in [0.3, 0.4) is 0 Å². The summed E-state index contributed by atoms with van der Waals surface area (Å²) in [5, 5.41) is 10.5. The van der Waals surface area contributed by atoms with Gasteiger partial charge in [-0.2, -0.15) is 10.2 Å². The monoisotopic (exact) mass is 150 g/mol. The van der Waals surface area contributed by atoms with Gasteiger partial charge in [-0.1, -0.05) is 0 Å². The topological polar surface area (TPSA) is 67.1 Å². The number of hydrazone groups is 1. The van der Waals surface area contributed by atoms with E-state index >= 15 is 0 Å². The predicted octanol–water partition coefficient (Wildman–Crippen LogP) is 0.409. The first-order valence-corrected chi connectivity index (χ1v) is 3.71. The van der Waals surface area contributed by atoms with E-state index in [1.165, 1.54) is 5.56 Å². The lowest BCUT2D eigenvalue weighted by Crippen LogP contribution is -2.12. The Morgan fingerprint density at radius 2 is 2.45 bits per heavy atom. The predicted molar refractivity (Wildman–Crippen MR) is 42.3 cm³/mol. The van der Waals surface area contributed by atoms with Crippen LogP contribution in [0.4, 0.5) is 0 Å². The summed E-state index contributed by atoms with van der Waals surface area (Å²) in [5.74, 6) is 5.22. The Kier molecular flexibility index (Phi) is 1.38. The Morgan fingerprint density at radius 3 is 3.27 bits per heavy atom. The summed E-state index contributed by atoms with van der Waals surface area (Å²) in [4.78, 5) is 0. The molecule has 0 saturated carbocycles. The molecule has 0 atom stereocenters. The number of hydrogen-bond acceptors (Lipinski definition) is 3. The number of H-pyrrole nitrogens is 1. The highest BCUT2D eigenvalue weighted by Gasteiger charge is 2.16. The molecule has 1 aliphatic carbocycles. The molecule has 11 heavy (non-hydrogen) atoms. The largest absolute Gasteiger partial charge is 0.323 e. The van der Waals surface area contributed by atoms with Gasteiger partial charge in [0.15, 0.2) is 0 Å². The van der Waals surface area contributed by atoms with Crippen molar-refractivity contribution in [3.63, 3.8) is 0 Å². The summed E-state index contributed by atoms with van der Waals surface area (Å²) in [6.45, 7) is 0. The lowest BCUT2D eigenvalue weighted by atomic mass is 9.97. The van der Waals surface area contributed by atoms with Crippen LogP contribution in [0.15, 0.2) is 11.3 Å². The van der Waals surface area contributed by atoms with E-state index in [4.69, 9.17) is 5.84 Å². The van der Waals surface area contributed by atoms with Crippen molar-refractivity contribution in [3.05, 3.63) is 17.5 Å². The molecule has 2 rings (SSSR count). The second-order valence-corrected chi connectivity index (χ2v) is 2.70. The van der Waals surface area contributed by atoms with Crippen molar-refractivity contribution in [3.8, 4) is 0 Å². The lowest BCUT2D eigenvalue weighted by Gasteiger charge is -2.10. The molecular formula is C7H10N4. The van der Waals surface area contributed by atoms with Gasteiger partial charge in [0.25, 0.3) is 0 Å². The van der Waals surface area contributed by atoms with Crippen molar-refractivity contribution in [2.24, 2.45) is 10.9 Å². The van der Waals surface area contributed by atoms with Crippen molar-refractivity contribution >= 4 is 5.71 Å². The minimum atomic E-state index is 0.948. The Morgan fingerprint density at radius 1 is 1.55 bits per heavy atom. The quantitative estimate of drug-likeness (QED) is 0.415. The van der Waals surface area contributed by atoms with Gasteiger partial charge < -0.3 is 5.84 Å². The van der Waals surface area contributed by atoms with E-state index in [0.717, 1.165) is 30.7 Å². The van der Waals surface area contributed by atoms with E-state index in [0.29, 0.717) is 0 Å². The number of nitrogens with two attached hydrogens (primary N) is 1. The third-order valence-electron chi connectivity index (χ3n) is 2.02. The normalized spacial score (nSPS) is 20.2. The maximum atomic E-state index is 5.22. The highest BCUT2D eigenvalue weighted by molar-refractivity contribution is 6.00. The molecule has 4 heteroatoms. The first-order valence-electron chi connectivity index (χ1n) is 3.71. The molecule has 1 aromatic heterocycles. The Hall–Kier alpha value is -1.32. The summed E-state index contributed by atoms with van der Waals surface area (Å²) in [6, 6.07) is 0. The van der Waals surface area contributed by atoms with Gasteiger partial charge in [-0.3, -0.25) is 5.10 Å².